The maximum atomic E-state index is 12.9. The van der Waals surface area contributed by atoms with Crippen LogP contribution in [0.3, 0.4) is 0 Å². The molecule has 0 saturated carbocycles. The van der Waals surface area contributed by atoms with Gasteiger partial charge in [0.1, 0.15) is 12.2 Å². The Morgan fingerprint density at radius 2 is 2.00 bits per heavy atom. The highest BCUT2D eigenvalue weighted by molar-refractivity contribution is 6.31. The summed E-state index contributed by atoms with van der Waals surface area (Å²) < 4.78 is 10.9. The first-order valence-corrected chi connectivity index (χ1v) is 7.95. The van der Waals surface area contributed by atoms with E-state index in [1.165, 1.54) is 11.8 Å². The first-order valence-electron chi connectivity index (χ1n) is 7.57. The Kier molecular flexibility index (Phi) is 3.30. The van der Waals surface area contributed by atoms with Crippen LogP contribution in [0.4, 0.5) is 5.69 Å². The predicted octanol–water partition coefficient (Wildman–Crippen LogP) is 1.72. The van der Waals surface area contributed by atoms with Gasteiger partial charge in [-0.25, -0.2) is 4.90 Å². The highest BCUT2D eigenvalue weighted by Crippen LogP contribution is 2.52. The Balaban J connectivity index is 1.69. The number of hydrogen-bond acceptors (Lipinski definition) is 5. The summed E-state index contributed by atoms with van der Waals surface area (Å²) in [5.41, 5.74) is -0.583. The van der Waals surface area contributed by atoms with E-state index >= 15 is 0 Å². The summed E-state index contributed by atoms with van der Waals surface area (Å²) in [6.45, 7) is 1.21. The van der Waals surface area contributed by atoms with Crippen molar-refractivity contribution in [3.8, 4) is 0 Å². The van der Waals surface area contributed by atoms with Gasteiger partial charge in [0.15, 0.2) is 0 Å². The van der Waals surface area contributed by atoms with Gasteiger partial charge in [-0.2, -0.15) is 0 Å². The van der Waals surface area contributed by atoms with E-state index in [0.717, 1.165) is 0 Å². The number of rotatable bonds is 3. The second kappa shape index (κ2) is 5.16. The summed E-state index contributed by atoms with van der Waals surface area (Å²) in [4.78, 5) is 38.1. The van der Waals surface area contributed by atoms with Crippen molar-refractivity contribution in [2.75, 3.05) is 11.5 Å². The number of hydrogen-bond donors (Lipinski definition) is 0. The van der Waals surface area contributed by atoms with Gasteiger partial charge in [0.05, 0.1) is 23.6 Å². The molecular formula is C17H14ClNO5. The highest BCUT2D eigenvalue weighted by Gasteiger charge is 2.68. The van der Waals surface area contributed by atoms with E-state index in [2.05, 4.69) is 0 Å². The number of nitrogens with zero attached hydrogens (tertiary/aromatic N) is 1. The van der Waals surface area contributed by atoms with Crippen molar-refractivity contribution in [1.29, 1.82) is 0 Å². The van der Waals surface area contributed by atoms with Crippen LogP contribution in [0.1, 0.15) is 6.92 Å². The number of halogens is 1. The van der Waals surface area contributed by atoms with Crippen molar-refractivity contribution in [1.82, 2.24) is 0 Å². The van der Waals surface area contributed by atoms with Crippen LogP contribution in [0.2, 0.25) is 5.02 Å². The summed E-state index contributed by atoms with van der Waals surface area (Å²) in [5, 5.41) is 0.523. The fraction of sp³-hybridized carbons (Fsp3) is 0.353. The first-order chi connectivity index (χ1) is 11.4. The van der Waals surface area contributed by atoms with Crippen molar-refractivity contribution < 1.29 is 23.9 Å². The molecule has 2 amide bonds. The summed E-state index contributed by atoms with van der Waals surface area (Å²) in [7, 11) is 0. The standard InChI is InChI=1S/C17H14ClNO5/c1-9(20)23-8-17-7-6-12(24-17)13-14(17)16(22)19(15(13)21)11-4-2-10(18)3-5-11/h2-7,12-14H,8H2,1H3/t12-,13+,14+,17-/m1/s1. The normalized spacial score (nSPS) is 33.2. The largest absolute Gasteiger partial charge is 0.462 e. The lowest BCUT2D eigenvalue weighted by Crippen LogP contribution is -2.44. The van der Waals surface area contributed by atoms with Crippen molar-refractivity contribution in [2.24, 2.45) is 11.8 Å². The highest BCUT2D eigenvalue weighted by atomic mass is 35.5. The van der Waals surface area contributed by atoms with E-state index in [4.69, 9.17) is 21.1 Å². The summed E-state index contributed by atoms with van der Waals surface area (Å²) in [6.07, 6.45) is 3.03. The fourth-order valence-corrected chi connectivity index (χ4v) is 3.85. The molecule has 7 heteroatoms. The van der Waals surface area contributed by atoms with Gasteiger partial charge in [-0.3, -0.25) is 14.4 Å². The number of carbonyl (C=O) groups excluding carboxylic acids is 3. The minimum atomic E-state index is -1.06. The lowest BCUT2D eigenvalue weighted by molar-refractivity contribution is -0.150. The SMILES string of the molecule is CC(=O)OC[C@@]12C=C[C@@H](O1)[C@@H]1C(=O)N(c3ccc(Cl)cc3)C(=O)[C@H]12. The molecule has 4 atom stereocenters. The molecule has 3 aliphatic rings. The Labute approximate surface area is 143 Å². The Bertz CT molecular complexity index is 774. The number of carbonyl (C=O) groups is 3. The molecule has 3 aliphatic heterocycles. The molecule has 3 heterocycles. The molecule has 2 bridgehead atoms. The third-order valence-electron chi connectivity index (χ3n) is 4.74. The second-order valence-electron chi connectivity index (χ2n) is 6.17. The zero-order chi connectivity index (χ0) is 17.1. The molecule has 0 aliphatic carbocycles. The minimum Gasteiger partial charge on any atom is -0.462 e. The maximum absolute atomic E-state index is 12.9. The van der Waals surface area contributed by atoms with E-state index in [9.17, 15) is 14.4 Å². The van der Waals surface area contributed by atoms with Crippen molar-refractivity contribution in [3.63, 3.8) is 0 Å². The van der Waals surface area contributed by atoms with Gasteiger partial charge in [-0.05, 0) is 30.3 Å². The molecule has 1 aromatic rings. The van der Waals surface area contributed by atoms with Crippen molar-refractivity contribution >= 4 is 35.1 Å². The zero-order valence-corrected chi connectivity index (χ0v) is 13.5. The molecule has 2 fully saturated rings. The van der Waals surface area contributed by atoms with Gasteiger partial charge in [-0.1, -0.05) is 17.7 Å². The number of benzene rings is 1. The van der Waals surface area contributed by atoms with E-state index in [1.54, 1.807) is 36.4 Å². The van der Waals surface area contributed by atoms with Crippen LogP contribution in [0.5, 0.6) is 0 Å². The third-order valence-corrected chi connectivity index (χ3v) is 4.99. The summed E-state index contributed by atoms with van der Waals surface area (Å²) in [6, 6.07) is 6.52. The third kappa shape index (κ3) is 2.03. The lowest BCUT2D eigenvalue weighted by Gasteiger charge is -2.28. The number of anilines is 1. The van der Waals surface area contributed by atoms with E-state index in [0.29, 0.717) is 10.7 Å². The molecule has 124 valence electrons. The minimum absolute atomic E-state index is 0.0794. The van der Waals surface area contributed by atoms with Crippen molar-refractivity contribution in [3.05, 3.63) is 41.4 Å². The summed E-state index contributed by atoms with van der Waals surface area (Å²) >= 11 is 5.87. The van der Waals surface area contributed by atoms with E-state index in [-0.39, 0.29) is 18.4 Å². The predicted molar refractivity (Wildman–Crippen MR) is 84.3 cm³/mol. The maximum Gasteiger partial charge on any atom is 0.302 e. The quantitative estimate of drug-likeness (QED) is 0.473. The molecule has 0 unspecified atom stereocenters. The van der Waals surface area contributed by atoms with Crippen LogP contribution in [-0.2, 0) is 23.9 Å². The van der Waals surface area contributed by atoms with Crippen LogP contribution < -0.4 is 4.90 Å². The number of fused-ring (bicyclic) bond motifs is 5. The lowest BCUT2D eigenvalue weighted by atomic mass is 9.77. The van der Waals surface area contributed by atoms with Gasteiger partial charge in [0, 0.05) is 11.9 Å². The molecule has 6 nitrogen and oxygen atoms in total. The average Bonchev–Trinajstić information content (AvgIpc) is 3.18. The van der Waals surface area contributed by atoms with Crippen molar-refractivity contribution in [2.45, 2.75) is 18.6 Å². The van der Waals surface area contributed by atoms with Gasteiger partial charge in [0.2, 0.25) is 11.8 Å². The number of imide groups is 1. The monoisotopic (exact) mass is 347 g/mol. The van der Waals surface area contributed by atoms with Gasteiger partial charge >= 0.3 is 5.97 Å². The molecule has 0 spiro atoms. The second-order valence-corrected chi connectivity index (χ2v) is 6.60. The molecule has 2 saturated heterocycles. The number of esters is 1. The molecule has 24 heavy (non-hydrogen) atoms. The molecule has 0 aromatic heterocycles. The average molecular weight is 348 g/mol. The van der Waals surface area contributed by atoms with Crippen LogP contribution in [0.15, 0.2) is 36.4 Å². The molecule has 1 aromatic carbocycles. The smallest absolute Gasteiger partial charge is 0.302 e. The van der Waals surface area contributed by atoms with Crippen LogP contribution >= 0.6 is 11.6 Å². The zero-order valence-electron chi connectivity index (χ0n) is 12.8. The molecule has 4 rings (SSSR count). The van der Waals surface area contributed by atoms with E-state index in [1.807, 2.05) is 0 Å². The molecule has 0 N–H and O–H groups in total. The van der Waals surface area contributed by atoms with Gasteiger partial charge in [0.25, 0.3) is 0 Å². The Hall–Kier alpha value is -2.18. The Morgan fingerprint density at radius 3 is 2.67 bits per heavy atom. The molecular weight excluding hydrogens is 334 g/mol. The Morgan fingerprint density at radius 1 is 1.29 bits per heavy atom. The van der Waals surface area contributed by atoms with Gasteiger partial charge < -0.3 is 9.47 Å². The van der Waals surface area contributed by atoms with Crippen LogP contribution in [0, 0.1) is 11.8 Å². The first kappa shape index (κ1) is 15.4. The topological polar surface area (TPSA) is 72.9 Å². The summed E-state index contributed by atoms with van der Waals surface area (Å²) in [5.74, 6) is -2.37. The molecule has 0 radical (unpaired) electrons. The van der Waals surface area contributed by atoms with Crippen LogP contribution in [0.25, 0.3) is 0 Å². The number of amides is 2. The van der Waals surface area contributed by atoms with Gasteiger partial charge in [-0.15, -0.1) is 0 Å². The van der Waals surface area contributed by atoms with Crippen LogP contribution in [-0.4, -0.2) is 36.1 Å². The number of ether oxygens (including phenoxy) is 2. The fourth-order valence-electron chi connectivity index (χ4n) is 3.73. The van der Waals surface area contributed by atoms with E-state index < -0.39 is 29.5 Å².